The highest BCUT2D eigenvalue weighted by Gasteiger charge is 2.23. The molecular formula is C17H17Br2NO. The third kappa shape index (κ3) is 3.68. The number of nitrogens with one attached hydrogen (secondary N) is 1. The first-order valence-corrected chi connectivity index (χ1v) is 8.64. The highest BCUT2D eigenvalue weighted by atomic mass is 79.9. The number of rotatable bonds is 4. The molecule has 1 heterocycles. The molecule has 0 spiro atoms. The monoisotopic (exact) mass is 409 g/mol. The van der Waals surface area contributed by atoms with Crippen molar-refractivity contribution in [2.45, 2.75) is 25.5 Å². The second kappa shape index (κ2) is 6.51. The molecular weight excluding hydrogens is 394 g/mol. The van der Waals surface area contributed by atoms with Crippen LogP contribution in [0.4, 0.5) is 0 Å². The Morgan fingerprint density at radius 1 is 1.19 bits per heavy atom. The van der Waals surface area contributed by atoms with E-state index in [4.69, 9.17) is 4.74 Å². The van der Waals surface area contributed by atoms with Gasteiger partial charge >= 0.3 is 0 Å². The molecule has 110 valence electrons. The average molecular weight is 411 g/mol. The molecule has 0 radical (unpaired) electrons. The smallest absolute Gasteiger partial charge is 0.123 e. The van der Waals surface area contributed by atoms with Gasteiger partial charge in [0.1, 0.15) is 11.9 Å². The Balaban J connectivity index is 1.57. The van der Waals surface area contributed by atoms with Gasteiger partial charge in [0.15, 0.2) is 0 Å². The van der Waals surface area contributed by atoms with Gasteiger partial charge in [-0.2, -0.15) is 0 Å². The Hall–Kier alpha value is -0.840. The molecule has 1 aliphatic heterocycles. The van der Waals surface area contributed by atoms with Gasteiger partial charge in [-0.3, -0.25) is 0 Å². The predicted molar refractivity (Wildman–Crippen MR) is 92.8 cm³/mol. The molecule has 2 atom stereocenters. The highest BCUT2D eigenvalue weighted by molar-refractivity contribution is 9.10. The van der Waals surface area contributed by atoms with Crippen molar-refractivity contribution < 1.29 is 4.74 Å². The van der Waals surface area contributed by atoms with E-state index in [0.717, 1.165) is 27.7 Å². The van der Waals surface area contributed by atoms with E-state index >= 15 is 0 Å². The summed E-state index contributed by atoms with van der Waals surface area (Å²) in [5.74, 6) is 1.01. The maximum atomic E-state index is 5.98. The third-order valence-corrected chi connectivity index (χ3v) is 4.75. The fraction of sp³-hybridized carbons (Fsp3) is 0.294. The van der Waals surface area contributed by atoms with Gasteiger partial charge in [-0.05, 0) is 48.4 Å². The number of hydrogen-bond acceptors (Lipinski definition) is 2. The van der Waals surface area contributed by atoms with Crippen LogP contribution >= 0.6 is 31.9 Å². The van der Waals surface area contributed by atoms with Crippen LogP contribution in [-0.2, 0) is 6.42 Å². The normalized spacial score (nSPS) is 18.1. The minimum absolute atomic E-state index is 0.212. The summed E-state index contributed by atoms with van der Waals surface area (Å²) in [5, 5.41) is 3.56. The fourth-order valence-electron chi connectivity index (χ4n) is 2.60. The fourth-order valence-corrected chi connectivity index (χ4v) is 3.43. The lowest BCUT2D eigenvalue weighted by Gasteiger charge is -2.18. The van der Waals surface area contributed by atoms with Crippen LogP contribution in [0.3, 0.4) is 0 Å². The molecule has 2 aromatic carbocycles. The van der Waals surface area contributed by atoms with E-state index < -0.39 is 0 Å². The minimum Gasteiger partial charge on any atom is -0.488 e. The molecule has 0 fully saturated rings. The Morgan fingerprint density at radius 3 is 2.81 bits per heavy atom. The van der Waals surface area contributed by atoms with Crippen LogP contribution in [0.5, 0.6) is 5.75 Å². The molecule has 2 aromatic rings. The number of ether oxygens (including phenoxy) is 1. The number of halogens is 2. The number of benzene rings is 2. The SMILES string of the molecule is C[C@@H](NCC1Cc2cc(Br)ccc2O1)c1cccc(Br)c1. The second-order valence-corrected chi connectivity index (χ2v) is 7.21. The second-order valence-electron chi connectivity index (χ2n) is 5.38. The standard InChI is InChI=1S/C17H17Br2NO/c1-11(12-3-2-4-14(18)7-12)20-10-16-9-13-8-15(19)5-6-17(13)21-16/h2-8,11,16,20H,9-10H2,1H3/t11-,16?/m1/s1. The highest BCUT2D eigenvalue weighted by Crippen LogP contribution is 2.31. The van der Waals surface area contributed by atoms with E-state index in [1.54, 1.807) is 0 Å². The van der Waals surface area contributed by atoms with Gasteiger partial charge in [-0.15, -0.1) is 0 Å². The van der Waals surface area contributed by atoms with Crippen molar-refractivity contribution in [1.29, 1.82) is 0 Å². The zero-order valence-corrected chi connectivity index (χ0v) is 14.9. The predicted octanol–water partition coefficient (Wildman–Crippen LogP) is 4.87. The zero-order valence-electron chi connectivity index (χ0n) is 11.8. The van der Waals surface area contributed by atoms with Gasteiger partial charge in [0.2, 0.25) is 0 Å². The van der Waals surface area contributed by atoms with Crippen molar-refractivity contribution in [3.05, 3.63) is 62.5 Å². The maximum Gasteiger partial charge on any atom is 0.123 e. The van der Waals surface area contributed by atoms with Crippen molar-refractivity contribution >= 4 is 31.9 Å². The van der Waals surface area contributed by atoms with Gasteiger partial charge in [-0.1, -0.05) is 44.0 Å². The van der Waals surface area contributed by atoms with Crippen molar-refractivity contribution in [3.63, 3.8) is 0 Å². The molecule has 0 bridgehead atoms. The first-order valence-electron chi connectivity index (χ1n) is 7.06. The Bertz CT molecular complexity index is 644. The lowest BCUT2D eigenvalue weighted by Crippen LogP contribution is -2.31. The summed E-state index contributed by atoms with van der Waals surface area (Å²) in [4.78, 5) is 0. The zero-order chi connectivity index (χ0) is 14.8. The molecule has 1 N–H and O–H groups in total. The summed E-state index contributed by atoms with van der Waals surface area (Å²) in [5.41, 5.74) is 2.56. The maximum absolute atomic E-state index is 5.98. The molecule has 0 amide bonds. The molecule has 1 aliphatic rings. The van der Waals surface area contributed by atoms with Crippen LogP contribution < -0.4 is 10.1 Å². The first-order chi connectivity index (χ1) is 10.1. The molecule has 0 aliphatic carbocycles. The van der Waals surface area contributed by atoms with Gasteiger partial charge < -0.3 is 10.1 Å². The van der Waals surface area contributed by atoms with Gasteiger partial charge in [0.05, 0.1) is 0 Å². The largest absolute Gasteiger partial charge is 0.488 e. The van der Waals surface area contributed by atoms with E-state index in [1.807, 2.05) is 18.2 Å². The lowest BCUT2D eigenvalue weighted by molar-refractivity contribution is 0.222. The number of hydrogen-bond donors (Lipinski definition) is 1. The van der Waals surface area contributed by atoms with E-state index in [0.29, 0.717) is 6.04 Å². The molecule has 0 saturated heterocycles. The van der Waals surface area contributed by atoms with E-state index in [1.165, 1.54) is 11.1 Å². The Kier molecular flexibility index (Phi) is 4.67. The van der Waals surface area contributed by atoms with Gasteiger partial charge in [0, 0.05) is 28.0 Å². The summed E-state index contributed by atoms with van der Waals surface area (Å²) < 4.78 is 8.21. The summed E-state index contributed by atoms with van der Waals surface area (Å²) in [6.07, 6.45) is 1.18. The van der Waals surface area contributed by atoms with Crippen LogP contribution in [0.1, 0.15) is 24.1 Å². The van der Waals surface area contributed by atoms with Crippen LogP contribution in [0, 0.1) is 0 Å². The molecule has 0 aromatic heterocycles. The van der Waals surface area contributed by atoms with E-state index in [2.05, 4.69) is 68.4 Å². The Morgan fingerprint density at radius 2 is 2.00 bits per heavy atom. The topological polar surface area (TPSA) is 21.3 Å². The van der Waals surface area contributed by atoms with E-state index in [9.17, 15) is 0 Å². The summed E-state index contributed by atoms with van der Waals surface area (Å²) in [6.45, 7) is 3.03. The lowest BCUT2D eigenvalue weighted by atomic mass is 10.1. The van der Waals surface area contributed by atoms with Crippen molar-refractivity contribution in [2.24, 2.45) is 0 Å². The molecule has 4 heteroatoms. The minimum atomic E-state index is 0.212. The van der Waals surface area contributed by atoms with Gasteiger partial charge in [-0.25, -0.2) is 0 Å². The van der Waals surface area contributed by atoms with Crippen LogP contribution in [0.25, 0.3) is 0 Å². The molecule has 0 saturated carbocycles. The molecule has 1 unspecified atom stereocenters. The molecule has 3 rings (SSSR count). The summed E-state index contributed by atoms with van der Waals surface area (Å²) in [6, 6.07) is 14.9. The van der Waals surface area contributed by atoms with Crippen molar-refractivity contribution in [2.75, 3.05) is 6.54 Å². The summed E-state index contributed by atoms with van der Waals surface area (Å²) in [7, 11) is 0. The Labute approximate surface area is 142 Å². The molecule has 2 nitrogen and oxygen atoms in total. The third-order valence-electron chi connectivity index (χ3n) is 3.76. The quantitative estimate of drug-likeness (QED) is 0.776. The van der Waals surface area contributed by atoms with Crippen LogP contribution in [-0.4, -0.2) is 12.6 Å². The first kappa shape index (κ1) is 15.1. The van der Waals surface area contributed by atoms with E-state index in [-0.39, 0.29) is 6.10 Å². The molecule has 21 heavy (non-hydrogen) atoms. The van der Waals surface area contributed by atoms with Crippen molar-refractivity contribution in [3.8, 4) is 5.75 Å². The summed E-state index contributed by atoms with van der Waals surface area (Å²) >= 11 is 7.03. The average Bonchev–Trinajstić information content (AvgIpc) is 2.86. The van der Waals surface area contributed by atoms with Crippen LogP contribution in [0.15, 0.2) is 51.4 Å². The number of fused-ring (bicyclic) bond motifs is 1. The van der Waals surface area contributed by atoms with Gasteiger partial charge in [0.25, 0.3) is 0 Å². The van der Waals surface area contributed by atoms with Crippen LogP contribution in [0.2, 0.25) is 0 Å². The van der Waals surface area contributed by atoms with Crippen molar-refractivity contribution in [1.82, 2.24) is 5.32 Å².